The van der Waals surface area contributed by atoms with Crippen molar-refractivity contribution in [3.63, 3.8) is 0 Å². The predicted octanol–water partition coefficient (Wildman–Crippen LogP) is 2.86. The van der Waals surface area contributed by atoms with Gasteiger partial charge >= 0.3 is 0 Å². The molecule has 2 heteroatoms. The Kier molecular flexibility index (Phi) is 2.12. The summed E-state index contributed by atoms with van der Waals surface area (Å²) in [6.45, 7) is 4.05. The van der Waals surface area contributed by atoms with Gasteiger partial charge in [-0.2, -0.15) is 0 Å². The fourth-order valence-corrected chi connectivity index (χ4v) is 1.65. The summed E-state index contributed by atoms with van der Waals surface area (Å²) in [4.78, 5) is 4.46. The molecule has 0 amide bonds. The molecule has 0 bridgehead atoms. The molecular formula is C12H13NO. The number of hydrogen-bond donors (Lipinski definition) is 0. The number of nitrogens with zero attached hydrogens (tertiary/aromatic N) is 1. The molecule has 0 aliphatic carbocycles. The topological polar surface area (TPSA) is 22.1 Å². The number of pyridine rings is 1. The van der Waals surface area contributed by atoms with Gasteiger partial charge in [0.05, 0.1) is 12.6 Å². The Bertz CT molecular complexity index is 477. The number of benzene rings is 1. The maximum atomic E-state index is 5.26. The van der Waals surface area contributed by atoms with Gasteiger partial charge in [-0.3, -0.25) is 4.98 Å². The van der Waals surface area contributed by atoms with Crippen LogP contribution in [-0.4, -0.2) is 12.1 Å². The summed E-state index contributed by atoms with van der Waals surface area (Å²) in [5.41, 5.74) is 3.22. The molecule has 1 heterocycles. The lowest BCUT2D eigenvalue weighted by Gasteiger charge is -2.07. The standard InChI is InChI=1S/C12H13NO/c1-8-4-5-10-9(2)12(14-3)7-6-11(10)13-8/h4-7H,1-3H3. The van der Waals surface area contributed by atoms with Crippen LogP contribution in [0.5, 0.6) is 5.75 Å². The molecule has 14 heavy (non-hydrogen) atoms. The molecule has 0 aliphatic rings. The number of fused-ring (bicyclic) bond motifs is 1. The first-order valence-corrected chi connectivity index (χ1v) is 4.63. The second-order valence-electron chi connectivity index (χ2n) is 3.41. The van der Waals surface area contributed by atoms with Crippen LogP contribution in [0.25, 0.3) is 10.9 Å². The van der Waals surface area contributed by atoms with Gasteiger partial charge in [0.2, 0.25) is 0 Å². The second-order valence-corrected chi connectivity index (χ2v) is 3.41. The molecule has 0 atom stereocenters. The van der Waals surface area contributed by atoms with E-state index in [2.05, 4.69) is 18.0 Å². The highest BCUT2D eigenvalue weighted by atomic mass is 16.5. The first kappa shape index (κ1) is 9.00. The highest BCUT2D eigenvalue weighted by Gasteiger charge is 2.03. The quantitative estimate of drug-likeness (QED) is 0.684. The van der Waals surface area contributed by atoms with Gasteiger partial charge in [-0.05, 0) is 32.0 Å². The molecule has 0 spiro atoms. The summed E-state index contributed by atoms with van der Waals surface area (Å²) in [7, 11) is 1.69. The number of hydrogen-bond acceptors (Lipinski definition) is 2. The van der Waals surface area contributed by atoms with Crippen molar-refractivity contribution in [2.45, 2.75) is 13.8 Å². The van der Waals surface area contributed by atoms with Crippen LogP contribution in [0.2, 0.25) is 0 Å². The third-order valence-electron chi connectivity index (χ3n) is 2.45. The number of aryl methyl sites for hydroxylation is 2. The van der Waals surface area contributed by atoms with E-state index >= 15 is 0 Å². The summed E-state index contributed by atoms with van der Waals surface area (Å²) in [6, 6.07) is 8.07. The van der Waals surface area contributed by atoms with Gasteiger partial charge in [0.1, 0.15) is 5.75 Å². The molecule has 0 unspecified atom stereocenters. The molecule has 2 aromatic rings. The maximum Gasteiger partial charge on any atom is 0.122 e. The average Bonchev–Trinajstić information content (AvgIpc) is 2.18. The third kappa shape index (κ3) is 1.33. The number of rotatable bonds is 1. The lowest BCUT2D eigenvalue weighted by atomic mass is 10.1. The van der Waals surface area contributed by atoms with Crippen molar-refractivity contribution in [2.75, 3.05) is 7.11 Å². The van der Waals surface area contributed by atoms with Crippen LogP contribution in [0.1, 0.15) is 11.3 Å². The zero-order valence-corrected chi connectivity index (χ0v) is 8.66. The Morgan fingerprint density at radius 2 is 1.86 bits per heavy atom. The zero-order valence-electron chi connectivity index (χ0n) is 8.66. The fraction of sp³-hybridized carbons (Fsp3) is 0.250. The van der Waals surface area contributed by atoms with Gasteiger partial charge < -0.3 is 4.74 Å². The van der Waals surface area contributed by atoms with Gasteiger partial charge in [0.25, 0.3) is 0 Å². The summed E-state index contributed by atoms with van der Waals surface area (Å²) < 4.78 is 5.26. The van der Waals surface area contributed by atoms with Crippen molar-refractivity contribution in [2.24, 2.45) is 0 Å². The average molecular weight is 187 g/mol. The Morgan fingerprint density at radius 1 is 1.07 bits per heavy atom. The monoisotopic (exact) mass is 187 g/mol. The minimum absolute atomic E-state index is 0.920. The largest absolute Gasteiger partial charge is 0.496 e. The van der Waals surface area contributed by atoms with Gasteiger partial charge in [-0.15, -0.1) is 0 Å². The molecule has 2 rings (SSSR count). The van der Waals surface area contributed by atoms with E-state index in [0.29, 0.717) is 0 Å². The SMILES string of the molecule is COc1ccc2nc(C)ccc2c1C. The normalized spacial score (nSPS) is 10.5. The first-order valence-electron chi connectivity index (χ1n) is 4.63. The Labute approximate surface area is 83.5 Å². The van der Waals surface area contributed by atoms with E-state index in [4.69, 9.17) is 4.74 Å². The highest BCUT2D eigenvalue weighted by molar-refractivity contribution is 5.84. The number of aromatic nitrogens is 1. The van der Waals surface area contributed by atoms with Crippen LogP contribution >= 0.6 is 0 Å². The molecular weight excluding hydrogens is 174 g/mol. The minimum atomic E-state index is 0.920. The molecule has 0 fully saturated rings. The van der Waals surface area contributed by atoms with Crippen LogP contribution < -0.4 is 4.74 Å². The van der Waals surface area contributed by atoms with Crippen LogP contribution in [0.15, 0.2) is 24.3 Å². The van der Waals surface area contributed by atoms with Crippen LogP contribution in [0.3, 0.4) is 0 Å². The van der Waals surface area contributed by atoms with E-state index in [1.807, 2.05) is 25.1 Å². The van der Waals surface area contributed by atoms with Crippen LogP contribution in [0.4, 0.5) is 0 Å². The summed E-state index contributed by atoms with van der Waals surface area (Å²) in [5, 5.41) is 1.16. The van der Waals surface area contributed by atoms with E-state index < -0.39 is 0 Å². The molecule has 72 valence electrons. The van der Waals surface area contributed by atoms with Gasteiger partial charge in [0, 0.05) is 16.6 Å². The predicted molar refractivity (Wildman–Crippen MR) is 57.8 cm³/mol. The zero-order chi connectivity index (χ0) is 10.1. The van der Waals surface area contributed by atoms with Gasteiger partial charge in [-0.25, -0.2) is 0 Å². The second kappa shape index (κ2) is 3.29. The smallest absolute Gasteiger partial charge is 0.122 e. The van der Waals surface area contributed by atoms with Crippen molar-refractivity contribution >= 4 is 10.9 Å². The van der Waals surface area contributed by atoms with Crippen molar-refractivity contribution in [3.8, 4) is 5.75 Å². The third-order valence-corrected chi connectivity index (χ3v) is 2.45. The molecule has 0 N–H and O–H groups in total. The number of methoxy groups -OCH3 is 1. The van der Waals surface area contributed by atoms with Crippen LogP contribution in [-0.2, 0) is 0 Å². The molecule has 0 aliphatic heterocycles. The van der Waals surface area contributed by atoms with E-state index in [9.17, 15) is 0 Å². The summed E-state index contributed by atoms with van der Waals surface area (Å²) >= 11 is 0. The van der Waals surface area contributed by atoms with Gasteiger partial charge in [0.15, 0.2) is 0 Å². The summed E-state index contributed by atoms with van der Waals surface area (Å²) in [6.07, 6.45) is 0. The summed E-state index contributed by atoms with van der Waals surface area (Å²) in [5.74, 6) is 0.920. The maximum absolute atomic E-state index is 5.26. The first-order chi connectivity index (χ1) is 6.72. The molecule has 0 saturated carbocycles. The van der Waals surface area contributed by atoms with Crippen molar-refractivity contribution in [3.05, 3.63) is 35.5 Å². The lowest BCUT2D eigenvalue weighted by Crippen LogP contribution is -1.90. The molecule has 1 aromatic heterocycles. The van der Waals surface area contributed by atoms with E-state index in [1.165, 1.54) is 0 Å². The van der Waals surface area contributed by atoms with E-state index in [-0.39, 0.29) is 0 Å². The molecule has 0 saturated heterocycles. The van der Waals surface area contributed by atoms with Crippen molar-refractivity contribution in [1.82, 2.24) is 4.98 Å². The van der Waals surface area contributed by atoms with Gasteiger partial charge in [-0.1, -0.05) is 6.07 Å². The van der Waals surface area contributed by atoms with E-state index in [1.54, 1.807) is 7.11 Å². The molecule has 1 aromatic carbocycles. The lowest BCUT2D eigenvalue weighted by molar-refractivity contribution is 0.412. The van der Waals surface area contributed by atoms with Crippen molar-refractivity contribution in [1.29, 1.82) is 0 Å². The Balaban J connectivity index is 2.77. The van der Waals surface area contributed by atoms with Crippen molar-refractivity contribution < 1.29 is 4.74 Å². The fourth-order valence-electron chi connectivity index (χ4n) is 1.65. The van der Waals surface area contributed by atoms with E-state index in [0.717, 1.165) is 27.9 Å². The molecule has 2 nitrogen and oxygen atoms in total. The Morgan fingerprint density at radius 3 is 2.57 bits per heavy atom. The molecule has 0 radical (unpaired) electrons. The number of ether oxygens (including phenoxy) is 1. The highest BCUT2D eigenvalue weighted by Crippen LogP contribution is 2.25. The van der Waals surface area contributed by atoms with Crippen LogP contribution in [0, 0.1) is 13.8 Å². The Hall–Kier alpha value is -1.57. The minimum Gasteiger partial charge on any atom is -0.496 e.